The van der Waals surface area contributed by atoms with E-state index in [2.05, 4.69) is 15.6 Å². The van der Waals surface area contributed by atoms with E-state index in [1.54, 1.807) is 45.9 Å². The summed E-state index contributed by atoms with van der Waals surface area (Å²) in [5.74, 6) is 0.308. The van der Waals surface area contributed by atoms with Crippen LogP contribution in [0.3, 0.4) is 0 Å². The second kappa shape index (κ2) is 6.68. The van der Waals surface area contributed by atoms with Gasteiger partial charge in [-0.05, 0) is 32.9 Å². The van der Waals surface area contributed by atoms with Crippen molar-refractivity contribution >= 4 is 28.8 Å². The van der Waals surface area contributed by atoms with E-state index in [-0.39, 0.29) is 18.9 Å². The molecule has 1 aromatic carbocycles. The van der Waals surface area contributed by atoms with Crippen LogP contribution in [0.15, 0.2) is 22.6 Å². The van der Waals surface area contributed by atoms with Crippen molar-refractivity contribution in [2.24, 2.45) is 0 Å². The maximum absolute atomic E-state index is 12.0. The highest BCUT2D eigenvalue weighted by Gasteiger charge is 2.16. The lowest BCUT2D eigenvalue weighted by Crippen LogP contribution is -2.34. The number of benzene rings is 1. The Morgan fingerprint density at radius 1 is 1.30 bits per heavy atom. The molecule has 7 nitrogen and oxygen atoms in total. The second-order valence-corrected chi connectivity index (χ2v) is 6.11. The van der Waals surface area contributed by atoms with Crippen LogP contribution in [0.25, 0.3) is 11.1 Å². The summed E-state index contributed by atoms with van der Waals surface area (Å²) in [4.78, 5) is 27.7. The molecule has 0 bridgehead atoms. The van der Waals surface area contributed by atoms with Gasteiger partial charge in [-0.1, -0.05) is 6.07 Å². The number of hydrogen-bond acceptors (Lipinski definition) is 5. The Morgan fingerprint density at radius 3 is 2.74 bits per heavy atom. The molecule has 23 heavy (non-hydrogen) atoms. The molecule has 2 amide bonds. The number of aromatic nitrogens is 1. The summed E-state index contributed by atoms with van der Waals surface area (Å²) in [6.07, 6.45) is -0.411. The molecule has 7 heteroatoms. The molecule has 0 fully saturated rings. The number of alkyl carbamates (subject to hydrolysis) is 1. The Bertz CT molecular complexity index is 716. The molecule has 0 aliphatic carbocycles. The third-order valence-electron chi connectivity index (χ3n) is 2.82. The van der Waals surface area contributed by atoms with Crippen LogP contribution in [-0.2, 0) is 9.53 Å². The Kier molecular flexibility index (Phi) is 4.88. The first kappa shape index (κ1) is 16.8. The molecule has 0 unspecified atom stereocenters. The molecule has 2 rings (SSSR count). The van der Waals surface area contributed by atoms with Crippen LogP contribution >= 0.6 is 0 Å². The minimum Gasteiger partial charge on any atom is -0.444 e. The van der Waals surface area contributed by atoms with Gasteiger partial charge in [0.2, 0.25) is 5.91 Å². The normalized spacial score (nSPS) is 11.3. The maximum Gasteiger partial charge on any atom is 0.407 e. The molecule has 0 spiro atoms. The first-order valence-electron chi connectivity index (χ1n) is 7.37. The number of hydrogen-bond donors (Lipinski definition) is 2. The number of oxazole rings is 1. The van der Waals surface area contributed by atoms with E-state index in [0.717, 1.165) is 0 Å². The molecule has 0 aliphatic rings. The summed E-state index contributed by atoms with van der Waals surface area (Å²) in [5, 5.41) is 5.31. The summed E-state index contributed by atoms with van der Waals surface area (Å²) in [6.45, 7) is 7.27. The van der Waals surface area contributed by atoms with E-state index in [9.17, 15) is 9.59 Å². The van der Waals surface area contributed by atoms with Gasteiger partial charge in [0.05, 0.1) is 5.69 Å². The van der Waals surface area contributed by atoms with E-state index in [1.807, 2.05) is 0 Å². The van der Waals surface area contributed by atoms with Crippen LogP contribution in [-0.4, -0.2) is 29.1 Å². The van der Waals surface area contributed by atoms with Gasteiger partial charge in [-0.2, -0.15) is 0 Å². The highest BCUT2D eigenvalue weighted by atomic mass is 16.6. The van der Waals surface area contributed by atoms with Crippen molar-refractivity contribution in [3.8, 4) is 0 Å². The van der Waals surface area contributed by atoms with Crippen LogP contribution in [0.1, 0.15) is 33.1 Å². The average molecular weight is 319 g/mol. The monoisotopic (exact) mass is 319 g/mol. The summed E-state index contributed by atoms with van der Waals surface area (Å²) >= 11 is 0. The fourth-order valence-electron chi connectivity index (χ4n) is 1.97. The van der Waals surface area contributed by atoms with Gasteiger partial charge in [0, 0.05) is 19.9 Å². The minimum absolute atomic E-state index is 0.131. The zero-order valence-electron chi connectivity index (χ0n) is 13.7. The predicted octanol–water partition coefficient (Wildman–Crippen LogP) is 2.99. The molecule has 0 saturated carbocycles. The number of fused-ring (bicyclic) bond motifs is 1. The molecule has 0 atom stereocenters. The van der Waals surface area contributed by atoms with Crippen LogP contribution in [0.5, 0.6) is 0 Å². The molecule has 2 aromatic rings. The van der Waals surface area contributed by atoms with Crippen molar-refractivity contribution in [1.29, 1.82) is 0 Å². The van der Waals surface area contributed by atoms with Gasteiger partial charge in [0.25, 0.3) is 0 Å². The number of para-hydroxylation sites is 1. The van der Waals surface area contributed by atoms with Crippen molar-refractivity contribution in [2.75, 3.05) is 11.9 Å². The lowest BCUT2D eigenvalue weighted by Gasteiger charge is -2.19. The third-order valence-corrected chi connectivity index (χ3v) is 2.82. The molecule has 1 heterocycles. The number of carbonyl (C=O) groups is 2. The van der Waals surface area contributed by atoms with Crippen LogP contribution in [0.2, 0.25) is 0 Å². The highest BCUT2D eigenvalue weighted by molar-refractivity contribution is 5.99. The third kappa shape index (κ3) is 4.98. The predicted molar refractivity (Wildman–Crippen MR) is 86.2 cm³/mol. The van der Waals surface area contributed by atoms with Crippen molar-refractivity contribution in [3.05, 3.63) is 24.1 Å². The number of ether oxygens (including phenoxy) is 1. The van der Waals surface area contributed by atoms with Crippen LogP contribution in [0.4, 0.5) is 10.5 Å². The number of aryl methyl sites for hydroxylation is 1. The molecular weight excluding hydrogens is 298 g/mol. The number of carbonyl (C=O) groups excluding carboxylic acids is 2. The lowest BCUT2D eigenvalue weighted by atomic mass is 10.2. The fraction of sp³-hybridized carbons (Fsp3) is 0.438. The number of nitrogens with zero attached hydrogens (tertiary/aromatic N) is 1. The topological polar surface area (TPSA) is 93.5 Å². The first-order chi connectivity index (χ1) is 10.7. The second-order valence-electron chi connectivity index (χ2n) is 6.11. The van der Waals surface area contributed by atoms with Gasteiger partial charge in [-0.15, -0.1) is 0 Å². The zero-order chi connectivity index (χ0) is 17.0. The van der Waals surface area contributed by atoms with Gasteiger partial charge in [-0.3, -0.25) is 4.79 Å². The standard InChI is InChI=1S/C16H21N3O4/c1-10-18-14-11(6-5-7-12(14)22-10)19-13(20)8-9-17-15(21)23-16(2,3)4/h5-7H,8-9H2,1-4H3,(H,17,21)(H,19,20). The summed E-state index contributed by atoms with van der Waals surface area (Å²) < 4.78 is 10.5. The average Bonchev–Trinajstić information content (AvgIpc) is 2.78. The quantitative estimate of drug-likeness (QED) is 0.903. The lowest BCUT2D eigenvalue weighted by molar-refractivity contribution is -0.116. The Hall–Kier alpha value is -2.57. The smallest absolute Gasteiger partial charge is 0.407 e. The van der Waals surface area contributed by atoms with Crippen LogP contribution < -0.4 is 10.6 Å². The van der Waals surface area contributed by atoms with E-state index < -0.39 is 11.7 Å². The molecule has 0 aliphatic heterocycles. The molecule has 0 saturated heterocycles. The van der Waals surface area contributed by atoms with E-state index >= 15 is 0 Å². The van der Waals surface area contributed by atoms with E-state index in [0.29, 0.717) is 22.7 Å². The van der Waals surface area contributed by atoms with Crippen LogP contribution in [0, 0.1) is 6.92 Å². The maximum atomic E-state index is 12.0. The molecule has 2 N–H and O–H groups in total. The van der Waals surface area contributed by atoms with Gasteiger partial charge in [0.15, 0.2) is 11.5 Å². The van der Waals surface area contributed by atoms with Crippen molar-refractivity contribution < 1.29 is 18.7 Å². The minimum atomic E-state index is -0.563. The SMILES string of the molecule is Cc1nc2c(NC(=O)CCNC(=O)OC(C)(C)C)cccc2o1. The van der Waals surface area contributed by atoms with Gasteiger partial charge < -0.3 is 19.8 Å². The Morgan fingerprint density at radius 2 is 2.04 bits per heavy atom. The molecule has 0 radical (unpaired) electrons. The number of nitrogens with one attached hydrogen (secondary N) is 2. The summed E-state index contributed by atoms with van der Waals surface area (Å²) in [5.41, 5.74) is 1.25. The largest absolute Gasteiger partial charge is 0.444 e. The van der Waals surface area contributed by atoms with Crippen molar-refractivity contribution in [2.45, 2.75) is 39.7 Å². The summed E-state index contributed by atoms with van der Waals surface area (Å²) in [6, 6.07) is 5.32. The first-order valence-corrected chi connectivity index (χ1v) is 7.37. The number of anilines is 1. The van der Waals surface area contributed by atoms with Gasteiger partial charge in [-0.25, -0.2) is 9.78 Å². The van der Waals surface area contributed by atoms with E-state index in [4.69, 9.17) is 9.15 Å². The molecular formula is C16H21N3O4. The number of rotatable bonds is 4. The zero-order valence-corrected chi connectivity index (χ0v) is 13.7. The van der Waals surface area contributed by atoms with Gasteiger partial charge >= 0.3 is 6.09 Å². The fourth-order valence-corrected chi connectivity index (χ4v) is 1.97. The molecule has 1 aromatic heterocycles. The Labute approximate surface area is 134 Å². The summed E-state index contributed by atoms with van der Waals surface area (Å²) in [7, 11) is 0. The van der Waals surface area contributed by atoms with Gasteiger partial charge in [0.1, 0.15) is 11.1 Å². The van der Waals surface area contributed by atoms with Crippen molar-refractivity contribution in [3.63, 3.8) is 0 Å². The highest BCUT2D eigenvalue weighted by Crippen LogP contribution is 2.23. The Balaban J connectivity index is 1.86. The van der Waals surface area contributed by atoms with E-state index in [1.165, 1.54) is 0 Å². The van der Waals surface area contributed by atoms with Crippen molar-refractivity contribution in [1.82, 2.24) is 10.3 Å². The number of amides is 2. The molecule has 124 valence electrons.